The quantitative estimate of drug-likeness (QED) is 0.547. The molecule has 0 saturated heterocycles. The molecule has 5 heteroatoms. The van der Waals surface area contributed by atoms with Gasteiger partial charge < -0.3 is 0 Å². The van der Waals surface area contributed by atoms with Gasteiger partial charge in [0.25, 0.3) is 0 Å². The number of benzene rings is 2. The zero-order valence-electron chi connectivity index (χ0n) is 17.3. The Morgan fingerprint density at radius 2 is 1.69 bits per heavy atom. The number of hydrogen-bond donors (Lipinski definition) is 0. The van der Waals surface area contributed by atoms with E-state index in [0.717, 1.165) is 41.5 Å². The average Bonchev–Trinajstić information content (AvgIpc) is 3.13. The van der Waals surface area contributed by atoms with Gasteiger partial charge in [-0.2, -0.15) is 0 Å². The van der Waals surface area contributed by atoms with E-state index >= 15 is 0 Å². The van der Waals surface area contributed by atoms with Crippen LogP contribution < -0.4 is 0 Å². The minimum atomic E-state index is -0.0217. The number of nitrogens with zero attached hydrogens (tertiary/aromatic N) is 3. The number of rotatable bonds is 4. The third kappa shape index (κ3) is 4.30. The van der Waals surface area contributed by atoms with Gasteiger partial charge in [-0.1, -0.05) is 81.4 Å². The Morgan fingerprint density at radius 3 is 2.34 bits per heavy atom. The SMILES string of the molecule is CC(C)(C)c1ccc(-c2nnc(SC3CCCCC3=O)n2-c2ccccc2)cc1. The van der Waals surface area contributed by atoms with E-state index in [0.29, 0.717) is 12.2 Å². The molecule has 0 spiro atoms. The van der Waals surface area contributed by atoms with Crippen molar-refractivity contribution < 1.29 is 4.79 Å². The van der Waals surface area contributed by atoms with E-state index in [-0.39, 0.29) is 10.7 Å². The molecule has 0 bridgehead atoms. The van der Waals surface area contributed by atoms with Gasteiger partial charge in [-0.05, 0) is 36.0 Å². The van der Waals surface area contributed by atoms with Crippen molar-refractivity contribution in [3.05, 3.63) is 60.2 Å². The molecule has 1 heterocycles. The maximum atomic E-state index is 12.4. The molecule has 0 amide bonds. The molecule has 0 aliphatic heterocycles. The lowest BCUT2D eigenvalue weighted by molar-refractivity contribution is -0.119. The van der Waals surface area contributed by atoms with Crippen LogP contribution in [0.25, 0.3) is 17.1 Å². The second kappa shape index (κ2) is 8.15. The van der Waals surface area contributed by atoms with E-state index in [9.17, 15) is 4.79 Å². The van der Waals surface area contributed by atoms with Gasteiger partial charge in [0.1, 0.15) is 5.78 Å². The van der Waals surface area contributed by atoms with Crippen LogP contribution in [0.4, 0.5) is 0 Å². The highest BCUT2D eigenvalue weighted by atomic mass is 32.2. The molecule has 29 heavy (non-hydrogen) atoms. The predicted molar refractivity (Wildman–Crippen MR) is 119 cm³/mol. The largest absolute Gasteiger partial charge is 0.298 e. The smallest absolute Gasteiger partial charge is 0.196 e. The fourth-order valence-corrected chi connectivity index (χ4v) is 4.84. The lowest BCUT2D eigenvalue weighted by atomic mass is 9.87. The van der Waals surface area contributed by atoms with Crippen LogP contribution in [0.1, 0.15) is 52.0 Å². The Balaban J connectivity index is 1.74. The van der Waals surface area contributed by atoms with Crippen molar-refractivity contribution >= 4 is 17.5 Å². The first-order valence-corrected chi connectivity index (χ1v) is 11.1. The van der Waals surface area contributed by atoms with E-state index in [2.05, 4.69) is 71.9 Å². The van der Waals surface area contributed by atoms with Crippen molar-refractivity contribution in [2.24, 2.45) is 0 Å². The number of carbonyl (C=O) groups excluding carboxylic acids is 1. The van der Waals surface area contributed by atoms with Crippen LogP contribution in [0, 0.1) is 0 Å². The topological polar surface area (TPSA) is 47.8 Å². The molecule has 3 aromatic rings. The predicted octanol–water partition coefficient (Wildman–Crippen LogP) is 5.84. The Labute approximate surface area is 176 Å². The molecule has 4 nitrogen and oxygen atoms in total. The third-order valence-electron chi connectivity index (χ3n) is 5.40. The summed E-state index contributed by atoms with van der Waals surface area (Å²) < 4.78 is 2.08. The zero-order valence-corrected chi connectivity index (χ0v) is 18.1. The summed E-state index contributed by atoms with van der Waals surface area (Å²) in [5.41, 5.74) is 3.43. The van der Waals surface area contributed by atoms with Gasteiger partial charge >= 0.3 is 0 Å². The molecule has 0 N–H and O–H groups in total. The summed E-state index contributed by atoms with van der Waals surface area (Å²) in [6.07, 6.45) is 3.70. The molecule has 1 aromatic heterocycles. The minimum absolute atomic E-state index is 0.0217. The van der Waals surface area contributed by atoms with Crippen molar-refractivity contribution in [1.29, 1.82) is 0 Å². The third-order valence-corrected chi connectivity index (χ3v) is 6.66. The Hall–Kier alpha value is -2.40. The fraction of sp³-hybridized carbons (Fsp3) is 0.375. The van der Waals surface area contributed by atoms with Gasteiger partial charge in [-0.25, -0.2) is 0 Å². The molecule has 0 radical (unpaired) electrons. The van der Waals surface area contributed by atoms with Crippen molar-refractivity contribution in [3.8, 4) is 17.1 Å². The van der Waals surface area contributed by atoms with Crippen LogP contribution in [0.5, 0.6) is 0 Å². The Kier molecular flexibility index (Phi) is 5.59. The molecule has 2 aromatic carbocycles. The second-order valence-electron chi connectivity index (χ2n) is 8.62. The molecule has 1 fully saturated rings. The van der Waals surface area contributed by atoms with E-state index in [1.165, 1.54) is 5.56 Å². The normalized spacial score (nSPS) is 17.5. The highest BCUT2D eigenvalue weighted by Crippen LogP contribution is 2.35. The van der Waals surface area contributed by atoms with Crippen LogP contribution in [-0.2, 0) is 10.2 Å². The number of carbonyl (C=O) groups is 1. The van der Waals surface area contributed by atoms with Crippen LogP contribution in [-0.4, -0.2) is 25.8 Å². The molecule has 1 atom stereocenters. The summed E-state index contributed by atoms with van der Waals surface area (Å²) in [5, 5.41) is 9.78. The average molecular weight is 406 g/mol. The first kappa shape index (κ1) is 19.9. The van der Waals surface area contributed by atoms with Crippen molar-refractivity contribution in [2.45, 2.75) is 62.3 Å². The minimum Gasteiger partial charge on any atom is -0.298 e. The molecule has 1 aliphatic carbocycles. The summed E-state index contributed by atoms with van der Waals surface area (Å²) in [7, 11) is 0. The van der Waals surface area contributed by atoms with Gasteiger partial charge in [-0.15, -0.1) is 10.2 Å². The van der Waals surface area contributed by atoms with Crippen molar-refractivity contribution in [1.82, 2.24) is 14.8 Å². The Bertz CT molecular complexity index is 987. The van der Waals surface area contributed by atoms with E-state index in [1.807, 2.05) is 18.2 Å². The number of hydrogen-bond acceptors (Lipinski definition) is 4. The monoisotopic (exact) mass is 405 g/mol. The molecular weight excluding hydrogens is 378 g/mol. The van der Waals surface area contributed by atoms with Crippen LogP contribution in [0.2, 0.25) is 0 Å². The Morgan fingerprint density at radius 1 is 0.966 bits per heavy atom. The lowest BCUT2D eigenvalue weighted by Gasteiger charge is -2.20. The number of ketones is 1. The summed E-state index contributed by atoms with van der Waals surface area (Å²) in [6, 6.07) is 18.7. The first-order valence-electron chi connectivity index (χ1n) is 10.2. The molecular formula is C24H27N3OS. The number of aromatic nitrogens is 3. The number of Topliss-reactive ketones (excluding diaryl/α,β-unsaturated/α-hetero) is 1. The summed E-state index contributed by atoms with van der Waals surface area (Å²) >= 11 is 1.56. The van der Waals surface area contributed by atoms with Gasteiger partial charge in [0.05, 0.1) is 5.25 Å². The van der Waals surface area contributed by atoms with Crippen LogP contribution in [0.15, 0.2) is 59.8 Å². The van der Waals surface area contributed by atoms with E-state index in [1.54, 1.807) is 11.8 Å². The highest BCUT2D eigenvalue weighted by Gasteiger charge is 2.27. The van der Waals surface area contributed by atoms with Gasteiger partial charge in [0.2, 0.25) is 0 Å². The zero-order chi connectivity index (χ0) is 20.4. The number of para-hydroxylation sites is 1. The molecule has 1 saturated carbocycles. The summed E-state index contributed by atoms with van der Waals surface area (Å²) in [5.74, 6) is 1.14. The second-order valence-corrected chi connectivity index (χ2v) is 9.79. The van der Waals surface area contributed by atoms with Gasteiger partial charge in [-0.3, -0.25) is 9.36 Å². The fourth-order valence-electron chi connectivity index (χ4n) is 3.67. The molecule has 1 aliphatic rings. The van der Waals surface area contributed by atoms with Gasteiger partial charge in [0.15, 0.2) is 11.0 Å². The standard InChI is InChI=1S/C24H27N3OS/c1-24(2,3)18-15-13-17(14-16-18)22-25-26-23(27(22)19-9-5-4-6-10-19)29-21-12-8-7-11-20(21)28/h4-6,9-10,13-16,21H,7-8,11-12H2,1-3H3. The maximum absolute atomic E-state index is 12.4. The molecule has 150 valence electrons. The van der Waals surface area contributed by atoms with Crippen LogP contribution >= 0.6 is 11.8 Å². The van der Waals surface area contributed by atoms with Gasteiger partial charge in [0, 0.05) is 17.7 Å². The maximum Gasteiger partial charge on any atom is 0.196 e. The van der Waals surface area contributed by atoms with Crippen molar-refractivity contribution in [3.63, 3.8) is 0 Å². The van der Waals surface area contributed by atoms with E-state index < -0.39 is 0 Å². The van der Waals surface area contributed by atoms with Crippen molar-refractivity contribution in [2.75, 3.05) is 0 Å². The number of thioether (sulfide) groups is 1. The lowest BCUT2D eigenvalue weighted by Crippen LogP contribution is -2.21. The molecule has 4 rings (SSSR count). The van der Waals surface area contributed by atoms with E-state index in [4.69, 9.17) is 0 Å². The highest BCUT2D eigenvalue weighted by molar-refractivity contribution is 8.00. The first-order chi connectivity index (χ1) is 13.9. The molecule has 1 unspecified atom stereocenters. The summed E-state index contributed by atoms with van der Waals surface area (Å²) in [4.78, 5) is 12.4. The van der Waals surface area contributed by atoms with Crippen LogP contribution in [0.3, 0.4) is 0 Å². The summed E-state index contributed by atoms with van der Waals surface area (Å²) in [6.45, 7) is 6.64.